The summed E-state index contributed by atoms with van der Waals surface area (Å²) in [4.78, 5) is 33.8. The molecule has 1 saturated heterocycles. The van der Waals surface area contributed by atoms with Crippen molar-refractivity contribution in [3.63, 3.8) is 0 Å². The van der Waals surface area contributed by atoms with E-state index in [2.05, 4.69) is 15.6 Å². The van der Waals surface area contributed by atoms with Crippen LogP contribution in [0, 0.1) is 6.92 Å². The third-order valence-corrected chi connectivity index (χ3v) is 7.49. The third-order valence-electron chi connectivity index (χ3n) is 6.40. The molecule has 36 heavy (non-hydrogen) atoms. The van der Waals surface area contributed by atoms with Crippen LogP contribution in [0.1, 0.15) is 28.1 Å². The number of carbonyl (C=O) groups is 2. The van der Waals surface area contributed by atoms with Crippen molar-refractivity contribution >= 4 is 50.6 Å². The van der Waals surface area contributed by atoms with E-state index < -0.39 is 0 Å². The average molecular weight is 501 g/mol. The molecule has 8 nitrogen and oxygen atoms in total. The van der Waals surface area contributed by atoms with Crippen molar-refractivity contribution in [1.29, 1.82) is 0 Å². The lowest BCUT2D eigenvalue weighted by atomic mass is 10.1. The topological polar surface area (TPSA) is 92.8 Å². The van der Waals surface area contributed by atoms with E-state index in [1.54, 1.807) is 11.1 Å². The summed E-state index contributed by atoms with van der Waals surface area (Å²) in [7, 11) is 0. The molecule has 2 aromatic heterocycles. The molecule has 0 radical (unpaired) electrons. The average Bonchev–Trinajstić information content (AvgIpc) is 3.26. The number of nitrogens with one attached hydrogen (secondary N) is 2. The predicted octanol–water partition coefficient (Wildman–Crippen LogP) is 5.99. The van der Waals surface area contributed by atoms with Crippen LogP contribution in [0.5, 0.6) is 11.5 Å². The number of para-hydroxylation sites is 1. The fourth-order valence-corrected chi connectivity index (χ4v) is 5.67. The minimum Gasteiger partial charge on any atom is -0.457 e. The molecule has 0 unspecified atom stereocenters. The lowest BCUT2D eigenvalue weighted by Crippen LogP contribution is -2.39. The van der Waals surface area contributed by atoms with Gasteiger partial charge in [0.2, 0.25) is 0 Å². The smallest absolute Gasteiger partial charge is 0.331 e. The first-order valence-electron chi connectivity index (χ1n) is 11.8. The minimum atomic E-state index is -0.326. The van der Waals surface area contributed by atoms with Crippen molar-refractivity contribution in [1.82, 2.24) is 10.3 Å². The first-order chi connectivity index (χ1) is 17.6. The summed E-state index contributed by atoms with van der Waals surface area (Å²) in [6.45, 7) is 3.21. The van der Waals surface area contributed by atoms with Crippen LogP contribution in [0.2, 0.25) is 0 Å². The molecule has 4 aromatic rings. The Bertz CT molecular complexity index is 1460. The SMILES string of the molecule is Cc1cc(Oc2ccccc2)ccc1N1C(=O)Nc2c(C(=O)NC3CCOCC3)sc3nccc1c23. The number of thiophene rings is 1. The summed E-state index contributed by atoms with van der Waals surface area (Å²) in [5.41, 5.74) is 2.82. The van der Waals surface area contributed by atoms with Crippen molar-refractivity contribution in [3.05, 3.63) is 71.2 Å². The Hall–Kier alpha value is -3.95. The molecule has 0 bridgehead atoms. The Balaban J connectivity index is 1.34. The Morgan fingerprint density at radius 1 is 1.11 bits per heavy atom. The van der Waals surface area contributed by atoms with E-state index in [9.17, 15) is 9.59 Å². The van der Waals surface area contributed by atoms with E-state index in [0.29, 0.717) is 40.0 Å². The van der Waals surface area contributed by atoms with E-state index in [-0.39, 0.29) is 18.0 Å². The van der Waals surface area contributed by atoms with Gasteiger partial charge in [0.25, 0.3) is 5.91 Å². The molecular formula is C27H24N4O4S. The maximum Gasteiger partial charge on any atom is 0.331 e. The number of ether oxygens (including phenoxy) is 2. The number of hydrogen-bond acceptors (Lipinski definition) is 6. The number of aromatic nitrogens is 1. The number of nitrogens with zero attached hydrogens (tertiary/aromatic N) is 2. The summed E-state index contributed by atoms with van der Waals surface area (Å²) < 4.78 is 11.3. The van der Waals surface area contributed by atoms with Gasteiger partial charge in [-0.25, -0.2) is 9.78 Å². The van der Waals surface area contributed by atoms with E-state index in [1.807, 2.05) is 61.5 Å². The Kier molecular flexibility index (Phi) is 5.79. The van der Waals surface area contributed by atoms with Gasteiger partial charge in [0.1, 0.15) is 21.2 Å². The molecule has 2 aliphatic heterocycles. The zero-order chi connectivity index (χ0) is 24.6. The molecule has 4 heterocycles. The highest BCUT2D eigenvalue weighted by Gasteiger charge is 2.33. The summed E-state index contributed by atoms with van der Waals surface area (Å²) in [5.74, 6) is 1.23. The largest absolute Gasteiger partial charge is 0.457 e. The highest BCUT2D eigenvalue weighted by atomic mass is 32.1. The van der Waals surface area contributed by atoms with Crippen molar-refractivity contribution < 1.29 is 19.1 Å². The van der Waals surface area contributed by atoms with Gasteiger partial charge in [-0.1, -0.05) is 18.2 Å². The van der Waals surface area contributed by atoms with Crippen molar-refractivity contribution in [2.45, 2.75) is 25.8 Å². The molecule has 1 fully saturated rings. The van der Waals surface area contributed by atoms with Gasteiger partial charge in [-0.2, -0.15) is 0 Å². The summed E-state index contributed by atoms with van der Waals surface area (Å²) in [5, 5.41) is 6.82. The third kappa shape index (κ3) is 4.06. The van der Waals surface area contributed by atoms with E-state index >= 15 is 0 Å². The van der Waals surface area contributed by atoms with E-state index in [4.69, 9.17) is 9.47 Å². The summed E-state index contributed by atoms with van der Waals surface area (Å²) in [6, 6.07) is 16.7. The fourth-order valence-electron chi connectivity index (χ4n) is 4.64. The van der Waals surface area contributed by atoms with Crippen LogP contribution in [0.25, 0.3) is 10.2 Å². The standard InChI is InChI=1S/C27H24N4O4S/c1-16-15-19(35-18-5-3-2-4-6-18)7-8-20(16)31-21-9-12-28-26-22(21)23(30-27(31)33)24(36-26)25(32)29-17-10-13-34-14-11-17/h2-9,12,15,17H,10-11,13-14H2,1H3,(H,29,32)(H,30,33). The van der Waals surface area contributed by atoms with Crippen LogP contribution in [-0.2, 0) is 4.74 Å². The Morgan fingerprint density at radius 2 is 1.92 bits per heavy atom. The molecule has 9 heteroatoms. The highest BCUT2D eigenvalue weighted by molar-refractivity contribution is 7.21. The van der Waals surface area contributed by atoms with Crippen LogP contribution in [0.4, 0.5) is 21.9 Å². The van der Waals surface area contributed by atoms with E-state index in [1.165, 1.54) is 11.3 Å². The van der Waals surface area contributed by atoms with Crippen molar-refractivity contribution in [3.8, 4) is 11.5 Å². The Morgan fingerprint density at radius 3 is 2.69 bits per heavy atom. The predicted molar refractivity (Wildman–Crippen MR) is 140 cm³/mol. The van der Waals surface area contributed by atoms with Crippen LogP contribution < -0.4 is 20.3 Å². The van der Waals surface area contributed by atoms with Crippen molar-refractivity contribution in [2.75, 3.05) is 23.4 Å². The molecular weight excluding hydrogens is 476 g/mol. The number of amides is 3. The van der Waals surface area contributed by atoms with Gasteiger partial charge in [0, 0.05) is 25.5 Å². The van der Waals surface area contributed by atoms with Gasteiger partial charge in [-0.05, 0) is 61.7 Å². The second-order valence-corrected chi connectivity index (χ2v) is 9.80. The van der Waals surface area contributed by atoms with Crippen LogP contribution >= 0.6 is 11.3 Å². The molecule has 0 spiro atoms. The monoisotopic (exact) mass is 500 g/mol. The zero-order valence-corrected chi connectivity index (χ0v) is 20.4. The van der Waals surface area contributed by atoms with Gasteiger partial charge in [0.15, 0.2) is 0 Å². The normalized spacial score (nSPS) is 15.6. The molecule has 2 aromatic carbocycles. The zero-order valence-electron chi connectivity index (χ0n) is 19.6. The molecule has 2 N–H and O–H groups in total. The number of carbonyl (C=O) groups excluding carboxylic acids is 2. The number of aryl methyl sites for hydroxylation is 1. The number of urea groups is 1. The summed E-state index contributed by atoms with van der Waals surface area (Å²) in [6.07, 6.45) is 3.23. The number of pyridine rings is 1. The lowest BCUT2D eigenvalue weighted by molar-refractivity contribution is 0.0699. The van der Waals surface area contributed by atoms with Crippen LogP contribution in [0.15, 0.2) is 60.8 Å². The maximum absolute atomic E-state index is 13.4. The number of benzene rings is 2. The minimum absolute atomic E-state index is 0.0613. The second-order valence-electron chi connectivity index (χ2n) is 8.81. The fraction of sp³-hybridized carbons (Fsp3) is 0.222. The maximum atomic E-state index is 13.4. The first-order valence-corrected chi connectivity index (χ1v) is 12.6. The van der Waals surface area contributed by atoms with Gasteiger partial charge < -0.3 is 20.1 Å². The summed E-state index contributed by atoms with van der Waals surface area (Å²) >= 11 is 1.29. The van der Waals surface area contributed by atoms with Gasteiger partial charge in [-0.3, -0.25) is 9.69 Å². The van der Waals surface area contributed by atoms with Crippen LogP contribution in [-0.4, -0.2) is 36.2 Å². The van der Waals surface area contributed by atoms with Gasteiger partial charge in [0.05, 0.1) is 22.4 Å². The number of rotatable bonds is 5. The van der Waals surface area contributed by atoms with E-state index in [0.717, 1.165) is 35.2 Å². The van der Waals surface area contributed by atoms with Crippen molar-refractivity contribution in [2.24, 2.45) is 0 Å². The molecule has 0 saturated carbocycles. The van der Waals surface area contributed by atoms with Gasteiger partial charge in [-0.15, -0.1) is 11.3 Å². The molecule has 0 atom stereocenters. The Labute approximate surface area is 211 Å². The number of anilines is 3. The molecule has 3 amide bonds. The lowest BCUT2D eigenvalue weighted by Gasteiger charge is -2.29. The molecule has 2 aliphatic rings. The van der Waals surface area contributed by atoms with Crippen LogP contribution in [0.3, 0.4) is 0 Å². The highest BCUT2D eigenvalue weighted by Crippen LogP contribution is 2.46. The second kappa shape index (κ2) is 9.25. The molecule has 0 aliphatic carbocycles. The molecule has 6 rings (SSSR count). The quantitative estimate of drug-likeness (QED) is 0.351. The first kappa shape index (κ1) is 22.5. The molecule has 182 valence electrons. The number of hydrogen-bond donors (Lipinski definition) is 2. The van der Waals surface area contributed by atoms with Gasteiger partial charge >= 0.3 is 6.03 Å².